The molecule has 2 saturated carbocycles. The van der Waals surface area contributed by atoms with Gasteiger partial charge >= 0.3 is 0 Å². The van der Waals surface area contributed by atoms with Crippen LogP contribution in [-0.4, -0.2) is 51.8 Å². The standard InChI is InChI=1S/C28H32N4O2/c1-17-12-20(21-5-7-24-22(13-21)8-11-29-24)4-6-23(17)25-30-28(9-10-28)27(34)32(25)16-18-14-31(15-18)26(33)19-2-3-19/h4,6,8,11-13,18-19,25,29-30H,2-3,5,7,9-10,14-16H2,1H3. The minimum absolute atomic E-state index is 0.0751. The molecule has 2 N–H and O–H groups in total. The summed E-state index contributed by atoms with van der Waals surface area (Å²) in [5, 5.41) is 3.70. The molecular formula is C28H32N4O2. The fourth-order valence-corrected chi connectivity index (χ4v) is 6.14. The van der Waals surface area contributed by atoms with Crippen LogP contribution >= 0.6 is 0 Å². The highest BCUT2D eigenvalue weighted by molar-refractivity contribution is 5.92. The Hall–Kier alpha value is -2.86. The largest absolute Gasteiger partial charge is 0.364 e. The van der Waals surface area contributed by atoms with Gasteiger partial charge in [-0.05, 0) is 85.4 Å². The summed E-state index contributed by atoms with van der Waals surface area (Å²) in [7, 11) is 0. The maximum Gasteiger partial charge on any atom is 0.244 e. The van der Waals surface area contributed by atoms with E-state index >= 15 is 0 Å². The number of likely N-dealkylation sites (tertiary alicyclic amines) is 1. The zero-order valence-corrected chi connectivity index (χ0v) is 19.8. The molecule has 3 aliphatic carbocycles. The van der Waals surface area contributed by atoms with Crippen molar-refractivity contribution in [2.24, 2.45) is 11.8 Å². The van der Waals surface area contributed by atoms with Gasteiger partial charge in [0, 0.05) is 43.4 Å². The third kappa shape index (κ3) is 3.26. The monoisotopic (exact) mass is 456 g/mol. The molecule has 7 rings (SSSR count). The number of hydrogen-bond acceptors (Lipinski definition) is 3. The van der Waals surface area contributed by atoms with Crippen LogP contribution in [0, 0.1) is 18.8 Å². The molecule has 2 amide bonds. The van der Waals surface area contributed by atoms with Crippen molar-refractivity contribution in [3.8, 4) is 0 Å². The van der Waals surface area contributed by atoms with Crippen molar-refractivity contribution in [1.29, 1.82) is 0 Å². The van der Waals surface area contributed by atoms with E-state index in [9.17, 15) is 9.59 Å². The molecule has 3 heterocycles. The summed E-state index contributed by atoms with van der Waals surface area (Å²) in [6.45, 7) is 4.50. The SMILES string of the molecule is Cc1cc(C2=Cc3cc[nH]c3CC2)ccc1C1NC2(CC2)C(=O)N1CC1CN(C(=O)C2CC2)C1. The van der Waals surface area contributed by atoms with Gasteiger partial charge in [-0.15, -0.1) is 0 Å². The molecule has 34 heavy (non-hydrogen) atoms. The molecule has 4 fully saturated rings. The van der Waals surface area contributed by atoms with Crippen molar-refractivity contribution >= 4 is 23.5 Å². The van der Waals surface area contributed by atoms with Crippen LogP contribution in [0.3, 0.4) is 0 Å². The summed E-state index contributed by atoms with van der Waals surface area (Å²) in [4.78, 5) is 33.1. The number of carbonyl (C=O) groups is 2. The second kappa shape index (κ2) is 7.32. The quantitative estimate of drug-likeness (QED) is 0.722. The summed E-state index contributed by atoms with van der Waals surface area (Å²) in [5.41, 5.74) is 7.35. The van der Waals surface area contributed by atoms with Crippen LogP contribution in [0.25, 0.3) is 11.6 Å². The topological polar surface area (TPSA) is 68.4 Å². The van der Waals surface area contributed by atoms with E-state index in [4.69, 9.17) is 0 Å². The fourth-order valence-electron chi connectivity index (χ4n) is 6.14. The van der Waals surface area contributed by atoms with Crippen LogP contribution in [-0.2, 0) is 16.0 Å². The van der Waals surface area contributed by atoms with Gasteiger partial charge in [-0.3, -0.25) is 14.9 Å². The van der Waals surface area contributed by atoms with Gasteiger partial charge in [0.05, 0.1) is 0 Å². The van der Waals surface area contributed by atoms with E-state index in [1.807, 2.05) is 11.1 Å². The lowest BCUT2D eigenvalue weighted by molar-refractivity contribution is -0.140. The first-order chi connectivity index (χ1) is 16.5. The van der Waals surface area contributed by atoms with Gasteiger partial charge in [-0.2, -0.15) is 0 Å². The molecule has 0 bridgehead atoms. The number of nitrogens with one attached hydrogen (secondary N) is 2. The Balaban J connectivity index is 1.11. The summed E-state index contributed by atoms with van der Waals surface area (Å²) in [5.74, 6) is 1.24. The Kier molecular flexibility index (Phi) is 4.41. The molecule has 6 nitrogen and oxygen atoms in total. The van der Waals surface area contributed by atoms with Crippen molar-refractivity contribution in [2.45, 2.75) is 57.2 Å². The van der Waals surface area contributed by atoms with Gasteiger partial charge in [0.25, 0.3) is 0 Å². The summed E-state index contributed by atoms with van der Waals surface area (Å²) >= 11 is 0. The minimum Gasteiger partial charge on any atom is -0.364 e. The molecule has 1 unspecified atom stereocenters. The van der Waals surface area contributed by atoms with Crippen LogP contribution in [0.2, 0.25) is 0 Å². The number of amides is 2. The lowest BCUT2D eigenvalue weighted by Crippen LogP contribution is -2.55. The summed E-state index contributed by atoms with van der Waals surface area (Å²) < 4.78 is 0. The van der Waals surface area contributed by atoms with Crippen LogP contribution in [0.1, 0.15) is 66.2 Å². The van der Waals surface area contributed by atoms with Gasteiger partial charge < -0.3 is 14.8 Å². The number of allylic oxidation sites excluding steroid dienone is 1. The minimum atomic E-state index is -0.348. The molecule has 1 atom stereocenters. The second-order valence-corrected chi connectivity index (χ2v) is 11.1. The van der Waals surface area contributed by atoms with Gasteiger partial charge in [0.2, 0.25) is 11.8 Å². The van der Waals surface area contributed by atoms with Gasteiger partial charge in [-0.1, -0.05) is 18.2 Å². The molecule has 5 aliphatic rings. The Bertz CT molecular complexity index is 1210. The molecule has 0 radical (unpaired) electrons. The lowest BCUT2D eigenvalue weighted by atomic mass is 9.90. The van der Waals surface area contributed by atoms with Gasteiger partial charge in [0.1, 0.15) is 11.7 Å². The third-order valence-corrected chi connectivity index (χ3v) is 8.57. The Morgan fingerprint density at radius 2 is 1.97 bits per heavy atom. The first-order valence-electron chi connectivity index (χ1n) is 12.9. The Morgan fingerprint density at radius 1 is 1.15 bits per heavy atom. The van der Waals surface area contributed by atoms with Crippen LogP contribution in [0.15, 0.2) is 30.5 Å². The van der Waals surface area contributed by atoms with E-state index in [-0.39, 0.29) is 23.5 Å². The predicted octanol–water partition coefficient (Wildman–Crippen LogP) is 3.64. The first kappa shape index (κ1) is 20.5. The van der Waals surface area contributed by atoms with Crippen molar-refractivity contribution in [3.05, 3.63) is 58.4 Å². The van der Waals surface area contributed by atoms with Crippen molar-refractivity contribution in [2.75, 3.05) is 19.6 Å². The van der Waals surface area contributed by atoms with Gasteiger partial charge in [0.15, 0.2) is 0 Å². The molecule has 6 heteroatoms. The molecule has 2 aromatic rings. The number of fused-ring (bicyclic) bond motifs is 1. The number of carbonyl (C=O) groups excluding carboxylic acids is 2. The maximum atomic E-state index is 13.4. The Morgan fingerprint density at radius 3 is 2.71 bits per heavy atom. The van der Waals surface area contributed by atoms with E-state index < -0.39 is 0 Å². The number of aromatic amines is 1. The highest BCUT2D eigenvalue weighted by Gasteiger charge is 2.60. The average molecular weight is 457 g/mol. The highest BCUT2D eigenvalue weighted by Crippen LogP contribution is 2.47. The van der Waals surface area contributed by atoms with E-state index in [0.29, 0.717) is 11.8 Å². The molecule has 2 saturated heterocycles. The average Bonchev–Trinajstić information content (AvgIpc) is 3.72. The molecule has 1 aromatic carbocycles. The number of hydrogen-bond donors (Lipinski definition) is 2. The van der Waals surface area contributed by atoms with E-state index in [1.165, 1.54) is 33.5 Å². The molecule has 176 valence electrons. The lowest BCUT2D eigenvalue weighted by Gasteiger charge is -2.42. The normalized spacial score (nSPS) is 25.4. The zero-order valence-electron chi connectivity index (χ0n) is 19.8. The molecule has 1 aromatic heterocycles. The van der Waals surface area contributed by atoms with E-state index in [2.05, 4.69) is 52.5 Å². The van der Waals surface area contributed by atoms with Crippen molar-refractivity contribution < 1.29 is 9.59 Å². The second-order valence-electron chi connectivity index (χ2n) is 11.1. The summed E-state index contributed by atoms with van der Waals surface area (Å²) in [6.07, 6.45) is 10.3. The number of rotatable bonds is 5. The molecule has 2 aliphatic heterocycles. The molecule has 1 spiro atoms. The number of benzene rings is 1. The smallest absolute Gasteiger partial charge is 0.244 e. The van der Waals surface area contributed by atoms with Crippen LogP contribution < -0.4 is 5.32 Å². The summed E-state index contributed by atoms with van der Waals surface area (Å²) in [6, 6.07) is 8.89. The number of aryl methyl sites for hydroxylation is 2. The maximum absolute atomic E-state index is 13.4. The number of aromatic nitrogens is 1. The highest BCUT2D eigenvalue weighted by atomic mass is 16.2. The van der Waals surface area contributed by atoms with E-state index in [0.717, 1.165) is 58.2 Å². The van der Waals surface area contributed by atoms with Crippen molar-refractivity contribution in [1.82, 2.24) is 20.1 Å². The van der Waals surface area contributed by atoms with Gasteiger partial charge in [-0.25, -0.2) is 0 Å². The van der Waals surface area contributed by atoms with Crippen LogP contribution in [0.4, 0.5) is 0 Å². The fraction of sp³-hybridized carbons (Fsp3) is 0.500. The first-order valence-corrected chi connectivity index (χ1v) is 12.9. The number of H-pyrrole nitrogens is 1. The van der Waals surface area contributed by atoms with E-state index in [1.54, 1.807) is 0 Å². The number of nitrogens with zero attached hydrogens (tertiary/aromatic N) is 2. The van der Waals surface area contributed by atoms with Crippen molar-refractivity contribution in [3.63, 3.8) is 0 Å². The molecular weight excluding hydrogens is 424 g/mol. The predicted molar refractivity (Wildman–Crippen MR) is 131 cm³/mol. The van der Waals surface area contributed by atoms with Crippen LogP contribution in [0.5, 0.6) is 0 Å². The zero-order chi connectivity index (χ0) is 23.0. The third-order valence-electron chi connectivity index (χ3n) is 8.57. The Labute approximate surface area is 200 Å².